The number of amides is 1. The number of nitrogens with one attached hydrogen (secondary N) is 1. The van der Waals surface area contributed by atoms with Crippen LogP contribution in [0.25, 0.3) is 0 Å². The van der Waals surface area contributed by atoms with Crippen molar-refractivity contribution >= 4 is 5.91 Å². The number of rotatable bonds is 7. The molecule has 0 heterocycles. The van der Waals surface area contributed by atoms with Crippen LogP contribution >= 0.6 is 0 Å². The molecule has 0 fully saturated rings. The summed E-state index contributed by atoms with van der Waals surface area (Å²) in [5.41, 5.74) is 0.987. The number of nitrogens with zero attached hydrogens (tertiary/aromatic N) is 1. The molecule has 0 bridgehead atoms. The molecule has 1 amide bonds. The summed E-state index contributed by atoms with van der Waals surface area (Å²) >= 11 is 0. The smallest absolute Gasteiger partial charge is 0.241 e. The summed E-state index contributed by atoms with van der Waals surface area (Å²) in [5.74, 6) is 0.0585. The molecule has 0 aliphatic rings. The lowest BCUT2D eigenvalue weighted by Crippen LogP contribution is -2.40. The molecule has 0 aliphatic heterocycles. The molecule has 1 rings (SSSR count). The normalized spacial score (nSPS) is 14.2. The van der Waals surface area contributed by atoms with Crippen molar-refractivity contribution in [1.82, 2.24) is 10.2 Å². The first-order chi connectivity index (χ1) is 9.10. The Hall–Kier alpha value is -1.39. The van der Waals surface area contributed by atoms with Crippen LogP contribution in [-0.2, 0) is 4.79 Å². The van der Waals surface area contributed by atoms with Crippen molar-refractivity contribution in [1.29, 1.82) is 0 Å². The minimum Gasteiger partial charge on any atom is -0.396 e. The summed E-state index contributed by atoms with van der Waals surface area (Å²) < 4.78 is 0. The maximum absolute atomic E-state index is 12.3. The maximum atomic E-state index is 12.3. The standard InChI is InChI=1S/C15H24N2O2/c1-4-17(3)14(13-8-6-5-7-9-13)15(19)16-10-12(2)11-18/h5-9,12,14,18H,4,10-11H2,1-3H3,(H,16,19). The van der Waals surface area contributed by atoms with E-state index in [9.17, 15) is 4.79 Å². The number of aliphatic hydroxyl groups excluding tert-OH is 1. The Bertz CT molecular complexity index is 381. The van der Waals surface area contributed by atoms with Gasteiger partial charge >= 0.3 is 0 Å². The fourth-order valence-corrected chi connectivity index (χ4v) is 1.86. The molecule has 0 spiro atoms. The van der Waals surface area contributed by atoms with Crippen LogP contribution in [0.5, 0.6) is 0 Å². The third-order valence-electron chi connectivity index (χ3n) is 3.24. The Morgan fingerprint density at radius 2 is 2.00 bits per heavy atom. The third-order valence-corrected chi connectivity index (χ3v) is 3.24. The summed E-state index contributed by atoms with van der Waals surface area (Å²) in [4.78, 5) is 14.3. The molecule has 0 radical (unpaired) electrons. The van der Waals surface area contributed by atoms with Crippen LogP contribution in [0.2, 0.25) is 0 Å². The minimum absolute atomic E-state index is 0.0177. The van der Waals surface area contributed by atoms with Gasteiger partial charge in [-0.2, -0.15) is 0 Å². The van der Waals surface area contributed by atoms with E-state index < -0.39 is 0 Å². The van der Waals surface area contributed by atoms with Crippen molar-refractivity contribution in [3.8, 4) is 0 Å². The summed E-state index contributed by atoms with van der Waals surface area (Å²) in [6.07, 6.45) is 0. The minimum atomic E-state index is -0.280. The average molecular weight is 264 g/mol. The quantitative estimate of drug-likeness (QED) is 0.783. The second-order valence-corrected chi connectivity index (χ2v) is 4.92. The zero-order valence-electron chi connectivity index (χ0n) is 12.0. The van der Waals surface area contributed by atoms with E-state index in [-0.39, 0.29) is 24.5 Å². The molecule has 106 valence electrons. The Morgan fingerprint density at radius 1 is 1.37 bits per heavy atom. The second-order valence-electron chi connectivity index (χ2n) is 4.92. The first-order valence-electron chi connectivity index (χ1n) is 6.73. The number of hydrogen-bond donors (Lipinski definition) is 2. The largest absolute Gasteiger partial charge is 0.396 e. The molecular formula is C15H24N2O2. The lowest BCUT2D eigenvalue weighted by Gasteiger charge is -2.26. The number of carbonyl (C=O) groups excluding carboxylic acids is 1. The third kappa shape index (κ3) is 4.65. The number of carbonyl (C=O) groups is 1. The first kappa shape index (κ1) is 15.7. The van der Waals surface area contributed by atoms with Crippen molar-refractivity contribution < 1.29 is 9.90 Å². The van der Waals surface area contributed by atoms with Gasteiger partial charge in [-0.25, -0.2) is 0 Å². The van der Waals surface area contributed by atoms with E-state index in [4.69, 9.17) is 5.11 Å². The zero-order valence-corrected chi connectivity index (χ0v) is 12.0. The second kappa shape index (κ2) is 7.92. The monoisotopic (exact) mass is 264 g/mol. The van der Waals surface area contributed by atoms with E-state index >= 15 is 0 Å². The van der Waals surface area contributed by atoms with Crippen molar-refractivity contribution in [3.63, 3.8) is 0 Å². The number of likely N-dealkylation sites (N-methyl/N-ethyl adjacent to an activating group) is 1. The summed E-state index contributed by atoms with van der Waals surface area (Å²) in [6, 6.07) is 9.47. The maximum Gasteiger partial charge on any atom is 0.241 e. The molecule has 0 aromatic heterocycles. The van der Waals surface area contributed by atoms with E-state index in [1.165, 1.54) is 0 Å². The Kier molecular flexibility index (Phi) is 6.53. The Balaban J connectivity index is 2.77. The van der Waals surface area contributed by atoms with Crippen LogP contribution in [0, 0.1) is 5.92 Å². The molecule has 1 aromatic carbocycles. The highest BCUT2D eigenvalue weighted by molar-refractivity contribution is 5.83. The average Bonchev–Trinajstić information content (AvgIpc) is 2.45. The molecular weight excluding hydrogens is 240 g/mol. The summed E-state index contributed by atoms with van der Waals surface area (Å²) in [7, 11) is 1.94. The predicted molar refractivity (Wildman–Crippen MR) is 76.7 cm³/mol. The molecule has 1 aromatic rings. The fourth-order valence-electron chi connectivity index (χ4n) is 1.86. The van der Waals surface area contributed by atoms with Crippen LogP contribution in [0.3, 0.4) is 0 Å². The summed E-state index contributed by atoms with van der Waals surface area (Å²) in [5, 5.41) is 11.9. The number of aliphatic hydroxyl groups is 1. The van der Waals surface area contributed by atoms with Crippen LogP contribution < -0.4 is 5.32 Å². The zero-order chi connectivity index (χ0) is 14.3. The van der Waals surface area contributed by atoms with E-state index in [0.29, 0.717) is 6.54 Å². The highest BCUT2D eigenvalue weighted by Gasteiger charge is 2.23. The van der Waals surface area contributed by atoms with Gasteiger partial charge in [0, 0.05) is 13.2 Å². The van der Waals surface area contributed by atoms with Gasteiger partial charge in [0.1, 0.15) is 6.04 Å². The first-order valence-corrected chi connectivity index (χ1v) is 6.73. The van der Waals surface area contributed by atoms with E-state index in [2.05, 4.69) is 5.32 Å². The van der Waals surface area contributed by atoms with Gasteiger partial charge in [0.2, 0.25) is 5.91 Å². The molecule has 4 nitrogen and oxygen atoms in total. The molecule has 4 heteroatoms. The topological polar surface area (TPSA) is 52.6 Å². The predicted octanol–water partition coefficient (Wildman–Crippen LogP) is 1.42. The van der Waals surface area contributed by atoms with Crippen molar-refractivity contribution in [2.45, 2.75) is 19.9 Å². The van der Waals surface area contributed by atoms with Gasteiger partial charge in [-0.05, 0) is 25.1 Å². The van der Waals surface area contributed by atoms with Gasteiger partial charge in [0.15, 0.2) is 0 Å². The van der Waals surface area contributed by atoms with Gasteiger partial charge in [0.05, 0.1) is 0 Å². The van der Waals surface area contributed by atoms with Crippen molar-refractivity contribution in [3.05, 3.63) is 35.9 Å². The lowest BCUT2D eigenvalue weighted by atomic mass is 10.0. The lowest BCUT2D eigenvalue weighted by molar-refractivity contribution is -0.126. The van der Waals surface area contributed by atoms with Gasteiger partial charge in [-0.1, -0.05) is 44.2 Å². The number of hydrogen-bond acceptors (Lipinski definition) is 3. The van der Waals surface area contributed by atoms with E-state index in [1.807, 2.05) is 56.1 Å². The fraction of sp³-hybridized carbons (Fsp3) is 0.533. The van der Waals surface area contributed by atoms with Crippen LogP contribution in [0.1, 0.15) is 25.5 Å². The Labute approximate surface area is 115 Å². The molecule has 19 heavy (non-hydrogen) atoms. The summed E-state index contributed by atoms with van der Waals surface area (Å²) in [6.45, 7) is 5.31. The van der Waals surface area contributed by atoms with E-state index in [0.717, 1.165) is 12.1 Å². The SMILES string of the molecule is CCN(C)C(C(=O)NCC(C)CO)c1ccccc1. The molecule has 0 saturated carbocycles. The number of benzene rings is 1. The highest BCUT2D eigenvalue weighted by Crippen LogP contribution is 2.19. The molecule has 0 saturated heterocycles. The van der Waals surface area contributed by atoms with Gasteiger partial charge < -0.3 is 10.4 Å². The van der Waals surface area contributed by atoms with Crippen molar-refractivity contribution in [2.24, 2.45) is 5.92 Å². The molecule has 2 atom stereocenters. The van der Waals surface area contributed by atoms with Crippen LogP contribution in [-0.4, -0.2) is 42.7 Å². The molecule has 2 unspecified atom stereocenters. The highest BCUT2D eigenvalue weighted by atomic mass is 16.3. The van der Waals surface area contributed by atoms with Crippen LogP contribution in [0.4, 0.5) is 0 Å². The van der Waals surface area contributed by atoms with Gasteiger partial charge in [-0.15, -0.1) is 0 Å². The Morgan fingerprint density at radius 3 is 2.53 bits per heavy atom. The van der Waals surface area contributed by atoms with Crippen LogP contribution in [0.15, 0.2) is 30.3 Å². The molecule has 0 aliphatic carbocycles. The van der Waals surface area contributed by atoms with Crippen molar-refractivity contribution in [2.75, 3.05) is 26.7 Å². The van der Waals surface area contributed by atoms with Gasteiger partial charge in [0.25, 0.3) is 0 Å². The molecule has 2 N–H and O–H groups in total. The van der Waals surface area contributed by atoms with E-state index in [1.54, 1.807) is 0 Å². The van der Waals surface area contributed by atoms with Gasteiger partial charge in [-0.3, -0.25) is 9.69 Å².